The maximum Gasteiger partial charge on any atom is 0.355 e. The SMILES string of the molecule is O=C(O)c1c(SCC2CCCO2)nc2ccccn12. The third-order valence-electron chi connectivity index (χ3n) is 3.13. The maximum absolute atomic E-state index is 11.4. The molecule has 1 N–H and O–H groups in total. The second-order valence-electron chi connectivity index (χ2n) is 4.45. The summed E-state index contributed by atoms with van der Waals surface area (Å²) >= 11 is 1.46. The second kappa shape index (κ2) is 5.22. The number of fused-ring (bicyclic) bond motifs is 1. The standard InChI is InChI=1S/C13H14N2O3S/c16-13(17)11-12(19-8-9-4-3-7-18-9)14-10-5-1-2-6-15(10)11/h1-2,5-6,9H,3-4,7-8H2,(H,16,17). The summed E-state index contributed by atoms with van der Waals surface area (Å²) in [5.41, 5.74) is 0.897. The number of pyridine rings is 1. The van der Waals surface area contributed by atoms with Crippen molar-refractivity contribution >= 4 is 23.4 Å². The molecule has 1 atom stereocenters. The Morgan fingerprint density at radius 2 is 2.47 bits per heavy atom. The highest BCUT2D eigenvalue weighted by molar-refractivity contribution is 7.99. The van der Waals surface area contributed by atoms with E-state index in [9.17, 15) is 9.90 Å². The molecule has 3 rings (SSSR count). The molecule has 0 aliphatic carbocycles. The molecule has 3 heterocycles. The lowest BCUT2D eigenvalue weighted by Gasteiger charge is -2.07. The van der Waals surface area contributed by atoms with Crippen LogP contribution in [0.1, 0.15) is 23.3 Å². The molecule has 1 fully saturated rings. The molecule has 0 amide bonds. The number of aromatic nitrogens is 2. The predicted molar refractivity (Wildman–Crippen MR) is 71.8 cm³/mol. The Hall–Kier alpha value is -1.53. The molecule has 1 aliphatic rings. The van der Waals surface area contributed by atoms with Gasteiger partial charge in [0.1, 0.15) is 10.7 Å². The van der Waals surface area contributed by atoms with E-state index in [4.69, 9.17) is 4.74 Å². The van der Waals surface area contributed by atoms with Crippen LogP contribution in [0.25, 0.3) is 5.65 Å². The summed E-state index contributed by atoms with van der Waals surface area (Å²) in [6, 6.07) is 5.46. The zero-order chi connectivity index (χ0) is 13.2. The van der Waals surface area contributed by atoms with Crippen LogP contribution in [0.4, 0.5) is 0 Å². The van der Waals surface area contributed by atoms with E-state index in [1.807, 2.05) is 12.1 Å². The van der Waals surface area contributed by atoms with E-state index >= 15 is 0 Å². The zero-order valence-corrected chi connectivity index (χ0v) is 11.1. The Bertz CT molecular complexity index is 605. The molecule has 5 nitrogen and oxygen atoms in total. The normalized spacial score (nSPS) is 19.1. The topological polar surface area (TPSA) is 63.8 Å². The van der Waals surface area contributed by atoms with Crippen molar-refractivity contribution in [3.05, 3.63) is 30.1 Å². The first kappa shape index (κ1) is 12.5. The minimum Gasteiger partial charge on any atom is -0.476 e. The van der Waals surface area contributed by atoms with Crippen molar-refractivity contribution in [2.75, 3.05) is 12.4 Å². The number of imidazole rings is 1. The molecule has 0 aromatic carbocycles. The highest BCUT2D eigenvalue weighted by Crippen LogP contribution is 2.27. The van der Waals surface area contributed by atoms with Crippen molar-refractivity contribution < 1.29 is 14.6 Å². The fourth-order valence-electron chi connectivity index (χ4n) is 2.22. The third-order valence-corrected chi connectivity index (χ3v) is 4.23. The van der Waals surface area contributed by atoms with E-state index in [2.05, 4.69) is 4.98 Å². The lowest BCUT2D eigenvalue weighted by Crippen LogP contribution is -2.09. The minimum absolute atomic E-state index is 0.219. The van der Waals surface area contributed by atoms with E-state index in [-0.39, 0.29) is 11.8 Å². The molecule has 6 heteroatoms. The first-order chi connectivity index (χ1) is 9.25. The molecule has 100 valence electrons. The van der Waals surface area contributed by atoms with Crippen molar-refractivity contribution in [3.63, 3.8) is 0 Å². The number of carbonyl (C=O) groups is 1. The number of rotatable bonds is 4. The van der Waals surface area contributed by atoms with Crippen molar-refractivity contribution in [1.29, 1.82) is 0 Å². The van der Waals surface area contributed by atoms with Crippen LogP contribution < -0.4 is 0 Å². The largest absolute Gasteiger partial charge is 0.476 e. The van der Waals surface area contributed by atoms with E-state index in [0.717, 1.165) is 25.2 Å². The van der Waals surface area contributed by atoms with Crippen LogP contribution in [0, 0.1) is 0 Å². The maximum atomic E-state index is 11.4. The van der Waals surface area contributed by atoms with Crippen molar-refractivity contribution in [1.82, 2.24) is 9.38 Å². The van der Waals surface area contributed by atoms with Gasteiger partial charge in [0.15, 0.2) is 5.69 Å². The monoisotopic (exact) mass is 278 g/mol. The number of nitrogens with zero attached hydrogens (tertiary/aromatic N) is 2. The van der Waals surface area contributed by atoms with E-state index in [1.54, 1.807) is 16.7 Å². The van der Waals surface area contributed by atoms with Gasteiger partial charge in [0.2, 0.25) is 0 Å². The average molecular weight is 278 g/mol. The summed E-state index contributed by atoms with van der Waals surface area (Å²) in [4.78, 5) is 15.8. The number of carboxylic acid groups (broad SMARTS) is 1. The van der Waals surface area contributed by atoms with Gasteiger partial charge in [-0.15, -0.1) is 11.8 Å². The molecular weight excluding hydrogens is 264 g/mol. The van der Waals surface area contributed by atoms with Crippen LogP contribution in [-0.4, -0.2) is 38.9 Å². The Labute approximate surface area is 114 Å². The summed E-state index contributed by atoms with van der Waals surface area (Å²) in [5, 5.41) is 9.90. The Morgan fingerprint density at radius 1 is 1.58 bits per heavy atom. The van der Waals surface area contributed by atoms with Gasteiger partial charge < -0.3 is 9.84 Å². The van der Waals surface area contributed by atoms with E-state index in [0.29, 0.717) is 10.7 Å². The first-order valence-electron chi connectivity index (χ1n) is 6.20. The summed E-state index contributed by atoms with van der Waals surface area (Å²) in [6.07, 6.45) is 4.07. The lowest BCUT2D eigenvalue weighted by molar-refractivity contribution is 0.0685. The van der Waals surface area contributed by atoms with Gasteiger partial charge in [-0.25, -0.2) is 9.78 Å². The van der Waals surface area contributed by atoms with Crippen molar-refractivity contribution in [2.24, 2.45) is 0 Å². The Balaban J connectivity index is 1.88. The summed E-state index contributed by atoms with van der Waals surface area (Å²) in [7, 11) is 0. The van der Waals surface area contributed by atoms with Gasteiger partial charge in [-0.3, -0.25) is 4.40 Å². The first-order valence-corrected chi connectivity index (χ1v) is 7.19. The molecule has 0 spiro atoms. The van der Waals surface area contributed by atoms with Gasteiger partial charge in [-0.05, 0) is 25.0 Å². The highest BCUT2D eigenvalue weighted by Gasteiger charge is 2.21. The quantitative estimate of drug-likeness (QED) is 0.869. The fraction of sp³-hybridized carbons (Fsp3) is 0.385. The lowest BCUT2D eigenvalue weighted by atomic mass is 10.3. The molecule has 0 bridgehead atoms. The number of hydrogen-bond acceptors (Lipinski definition) is 4. The average Bonchev–Trinajstić information content (AvgIpc) is 3.03. The Morgan fingerprint density at radius 3 is 3.21 bits per heavy atom. The van der Waals surface area contributed by atoms with Gasteiger partial charge in [0, 0.05) is 18.6 Å². The zero-order valence-electron chi connectivity index (χ0n) is 10.3. The van der Waals surface area contributed by atoms with Crippen LogP contribution in [0.2, 0.25) is 0 Å². The molecule has 0 radical (unpaired) electrons. The number of carboxylic acids is 1. The Kier molecular flexibility index (Phi) is 3.44. The van der Waals surface area contributed by atoms with Crippen molar-refractivity contribution in [3.8, 4) is 0 Å². The molecule has 2 aromatic heterocycles. The van der Waals surface area contributed by atoms with E-state index < -0.39 is 5.97 Å². The van der Waals surface area contributed by atoms with Crippen LogP contribution >= 0.6 is 11.8 Å². The molecule has 0 saturated carbocycles. The summed E-state index contributed by atoms with van der Waals surface area (Å²) in [5.74, 6) is -0.196. The molecule has 1 unspecified atom stereocenters. The van der Waals surface area contributed by atoms with E-state index in [1.165, 1.54) is 11.8 Å². The summed E-state index contributed by atoms with van der Waals surface area (Å²) < 4.78 is 7.16. The molecule has 1 aliphatic heterocycles. The fourth-order valence-corrected chi connectivity index (χ4v) is 3.30. The number of hydrogen-bond donors (Lipinski definition) is 1. The van der Waals surface area contributed by atoms with Gasteiger partial charge in [-0.2, -0.15) is 0 Å². The third kappa shape index (κ3) is 2.46. The second-order valence-corrected chi connectivity index (χ2v) is 5.45. The van der Waals surface area contributed by atoms with Crippen LogP contribution in [-0.2, 0) is 4.74 Å². The van der Waals surface area contributed by atoms with Gasteiger partial charge in [0.05, 0.1) is 6.10 Å². The smallest absolute Gasteiger partial charge is 0.355 e. The molecular formula is C13H14N2O3S. The van der Waals surface area contributed by atoms with Gasteiger partial charge in [0.25, 0.3) is 0 Å². The van der Waals surface area contributed by atoms with Crippen molar-refractivity contribution in [2.45, 2.75) is 24.0 Å². The van der Waals surface area contributed by atoms with Crippen LogP contribution in [0.15, 0.2) is 29.4 Å². The molecule has 2 aromatic rings. The van der Waals surface area contributed by atoms with Gasteiger partial charge >= 0.3 is 5.97 Å². The summed E-state index contributed by atoms with van der Waals surface area (Å²) in [6.45, 7) is 0.808. The molecule has 19 heavy (non-hydrogen) atoms. The molecule has 1 saturated heterocycles. The van der Waals surface area contributed by atoms with Crippen LogP contribution in [0.5, 0.6) is 0 Å². The predicted octanol–water partition coefficient (Wildman–Crippen LogP) is 2.30. The number of thioether (sulfide) groups is 1. The van der Waals surface area contributed by atoms with Crippen LogP contribution in [0.3, 0.4) is 0 Å². The minimum atomic E-state index is -0.950. The van der Waals surface area contributed by atoms with Gasteiger partial charge in [-0.1, -0.05) is 6.07 Å². The number of aromatic carboxylic acids is 1. The highest BCUT2D eigenvalue weighted by atomic mass is 32.2. The number of ether oxygens (including phenoxy) is 1.